The van der Waals surface area contributed by atoms with E-state index in [2.05, 4.69) is 13.6 Å². The molecule has 0 saturated carbocycles. The summed E-state index contributed by atoms with van der Waals surface area (Å²) in [5.74, 6) is -2.37. The van der Waals surface area contributed by atoms with Gasteiger partial charge in [-0.3, -0.25) is 9.13 Å². The third kappa shape index (κ3) is 6.24. The summed E-state index contributed by atoms with van der Waals surface area (Å²) in [5.41, 5.74) is 4.39. The molecule has 20 heteroatoms. The first-order valence-electron chi connectivity index (χ1n) is 7.60. The number of anilines is 1. The highest BCUT2D eigenvalue weighted by molar-refractivity contribution is 7.68. The fraction of sp³-hybridized carbons (Fsp3) is 0.600. The zero-order valence-corrected chi connectivity index (χ0v) is 17.5. The van der Waals surface area contributed by atoms with E-state index < -0.39 is 59.5 Å². The van der Waals surface area contributed by atoms with E-state index >= 15 is 0 Å². The molecule has 172 valence electrons. The molecule has 1 fully saturated rings. The number of nitrogens with zero attached hydrogens (tertiary/aromatic N) is 2. The van der Waals surface area contributed by atoms with Gasteiger partial charge in [0, 0.05) is 6.20 Å². The standard InChI is InChI=1S/C10H18N3O14P3/c1-10(24-4-28(17,18)26-30(22,23)27-29(19,20)21)7(15)6(14)8(25-10)13-3-2-5(11)12-9(13)16/h2-3,6-8,14-15H,4H2,1H3,(H,17,18)(H,22,23)(H2,11,12,16)(H2,19,20,21)/t6-,7+,8-,10+/m1/s1. The molecule has 1 aliphatic rings. The van der Waals surface area contributed by atoms with Gasteiger partial charge in [0.15, 0.2) is 18.4 Å². The average molecular weight is 497 g/mol. The van der Waals surface area contributed by atoms with Crippen LogP contribution in [0.3, 0.4) is 0 Å². The molecule has 1 aliphatic heterocycles. The molecule has 2 unspecified atom stereocenters. The van der Waals surface area contributed by atoms with Crippen molar-refractivity contribution in [1.29, 1.82) is 0 Å². The maximum atomic E-state index is 11.9. The number of hydrogen-bond acceptors (Lipinski definition) is 12. The molecular formula is C10H18N3O14P3. The van der Waals surface area contributed by atoms with E-state index in [9.17, 15) is 33.6 Å². The van der Waals surface area contributed by atoms with Gasteiger partial charge in [0.1, 0.15) is 18.0 Å². The minimum Gasteiger partial charge on any atom is -0.385 e. The van der Waals surface area contributed by atoms with E-state index in [0.717, 1.165) is 17.7 Å². The van der Waals surface area contributed by atoms with Crippen LogP contribution in [0.1, 0.15) is 13.2 Å². The largest absolute Gasteiger partial charge is 0.488 e. The molecule has 1 saturated heterocycles. The Bertz CT molecular complexity index is 994. The quantitative estimate of drug-likeness (QED) is 0.195. The molecule has 2 rings (SSSR count). The number of aliphatic hydroxyl groups is 2. The minimum atomic E-state index is -5.69. The van der Waals surface area contributed by atoms with E-state index in [1.807, 2.05) is 0 Å². The Morgan fingerprint density at radius 1 is 1.23 bits per heavy atom. The second-order valence-corrected chi connectivity index (χ2v) is 10.8. The van der Waals surface area contributed by atoms with Gasteiger partial charge in [-0.1, -0.05) is 0 Å². The van der Waals surface area contributed by atoms with Gasteiger partial charge in [0.25, 0.3) is 0 Å². The topological polar surface area (TPSA) is 270 Å². The molecular weight excluding hydrogens is 479 g/mol. The fourth-order valence-corrected chi connectivity index (χ4v) is 5.71. The predicted molar refractivity (Wildman–Crippen MR) is 93.3 cm³/mol. The summed E-state index contributed by atoms with van der Waals surface area (Å²) in [5, 5.41) is 20.3. The van der Waals surface area contributed by atoms with Crippen molar-refractivity contribution >= 4 is 29.1 Å². The predicted octanol–water partition coefficient (Wildman–Crippen LogP) is -1.82. The van der Waals surface area contributed by atoms with E-state index in [4.69, 9.17) is 29.9 Å². The van der Waals surface area contributed by atoms with Gasteiger partial charge in [0.05, 0.1) is 0 Å². The van der Waals surface area contributed by atoms with Crippen LogP contribution in [0.4, 0.5) is 5.82 Å². The second kappa shape index (κ2) is 8.48. The number of phosphoric acid groups is 2. The first-order valence-corrected chi connectivity index (χ1v) is 12.4. The molecule has 8 N–H and O–H groups in total. The SMILES string of the molecule is C[C@]1(OCP(=O)(O)OP(=O)(O)OP(=O)(O)O)O[C@@H](n2ccc(N)nc2=O)[C@H](O)[C@@H]1O. The van der Waals surface area contributed by atoms with Crippen LogP contribution in [0, 0.1) is 0 Å². The van der Waals surface area contributed by atoms with Crippen LogP contribution in [0.5, 0.6) is 0 Å². The number of nitrogens with two attached hydrogens (primary N) is 1. The molecule has 0 bridgehead atoms. The van der Waals surface area contributed by atoms with Gasteiger partial charge in [-0.2, -0.15) is 9.29 Å². The van der Waals surface area contributed by atoms with E-state index in [1.165, 1.54) is 6.07 Å². The van der Waals surface area contributed by atoms with Crippen molar-refractivity contribution in [3.05, 3.63) is 22.7 Å². The lowest BCUT2D eigenvalue weighted by Crippen LogP contribution is -2.43. The monoisotopic (exact) mass is 497 g/mol. The van der Waals surface area contributed by atoms with Crippen LogP contribution in [-0.4, -0.2) is 63.7 Å². The molecule has 17 nitrogen and oxygen atoms in total. The van der Waals surface area contributed by atoms with E-state index in [0.29, 0.717) is 0 Å². The summed E-state index contributed by atoms with van der Waals surface area (Å²) in [6.45, 7) is 1.00. The van der Waals surface area contributed by atoms with Crippen LogP contribution in [0.15, 0.2) is 17.1 Å². The smallest absolute Gasteiger partial charge is 0.385 e. The molecule has 1 aromatic rings. The Kier molecular flexibility index (Phi) is 7.14. The van der Waals surface area contributed by atoms with Gasteiger partial charge in [0.2, 0.25) is 0 Å². The van der Waals surface area contributed by atoms with Crippen molar-refractivity contribution in [1.82, 2.24) is 9.55 Å². The Balaban J connectivity index is 2.14. The fourth-order valence-electron chi connectivity index (χ4n) is 2.35. The molecule has 0 spiro atoms. The van der Waals surface area contributed by atoms with Crippen LogP contribution in [0.2, 0.25) is 0 Å². The van der Waals surface area contributed by atoms with Crippen molar-refractivity contribution < 1.29 is 61.6 Å². The number of hydrogen-bond donors (Lipinski definition) is 7. The summed E-state index contributed by atoms with van der Waals surface area (Å²) in [6, 6.07) is 1.19. The van der Waals surface area contributed by atoms with Crippen LogP contribution in [-0.2, 0) is 31.8 Å². The Morgan fingerprint density at radius 2 is 1.83 bits per heavy atom. The highest BCUT2D eigenvalue weighted by Crippen LogP contribution is 2.66. The maximum absolute atomic E-state index is 11.9. The summed E-state index contributed by atoms with van der Waals surface area (Å²) in [6.07, 6.45) is -5.62. The highest BCUT2D eigenvalue weighted by atomic mass is 31.3. The average Bonchev–Trinajstić information content (AvgIpc) is 2.75. The van der Waals surface area contributed by atoms with Crippen molar-refractivity contribution in [3.63, 3.8) is 0 Å². The summed E-state index contributed by atoms with van der Waals surface area (Å²) in [7, 11) is -16.5. The van der Waals surface area contributed by atoms with Gasteiger partial charge < -0.3 is 45.0 Å². The molecule has 30 heavy (non-hydrogen) atoms. The van der Waals surface area contributed by atoms with Crippen molar-refractivity contribution in [3.8, 4) is 0 Å². The van der Waals surface area contributed by atoms with Gasteiger partial charge >= 0.3 is 28.9 Å². The van der Waals surface area contributed by atoms with Crippen LogP contribution >= 0.6 is 23.2 Å². The van der Waals surface area contributed by atoms with Gasteiger partial charge in [-0.15, -0.1) is 0 Å². The third-order valence-corrected chi connectivity index (χ3v) is 7.57. The van der Waals surface area contributed by atoms with Crippen molar-refractivity contribution in [2.75, 3.05) is 12.1 Å². The number of aromatic nitrogens is 2. The van der Waals surface area contributed by atoms with Gasteiger partial charge in [-0.05, 0) is 13.0 Å². The zero-order chi connectivity index (χ0) is 23.1. The third-order valence-electron chi connectivity index (χ3n) is 3.59. The lowest BCUT2D eigenvalue weighted by molar-refractivity contribution is -0.248. The minimum absolute atomic E-state index is 0.132. The number of ether oxygens (including phenoxy) is 2. The molecule has 0 aromatic carbocycles. The normalized spacial score (nSPS) is 31.2. The molecule has 0 aliphatic carbocycles. The maximum Gasteiger partial charge on any atom is 0.488 e. The molecule has 0 amide bonds. The van der Waals surface area contributed by atoms with Crippen molar-refractivity contribution in [2.24, 2.45) is 0 Å². The zero-order valence-electron chi connectivity index (χ0n) is 14.9. The number of nitrogen functional groups attached to an aromatic ring is 1. The van der Waals surface area contributed by atoms with E-state index in [1.54, 1.807) is 0 Å². The lowest BCUT2D eigenvalue weighted by atomic mass is 10.1. The summed E-state index contributed by atoms with van der Waals surface area (Å²) < 4.78 is 52.0. The summed E-state index contributed by atoms with van der Waals surface area (Å²) in [4.78, 5) is 51.0. The molecule has 0 radical (unpaired) electrons. The first kappa shape index (κ1) is 25.2. The Morgan fingerprint density at radius 3 is 2.37 bits per heavy atom. The lowest BCUT2D eigenvalue weighted by Gasteiger charge is -2.28. The summed E-state index contributed by atoms with van der Waals surface area (Å²) >= 11 is 0. The second-order valence-electron chi connectivity index (χ2n) is 6.04. The molecule has 1 aromatic heterocycles. The van der Waals surface area contributed by atoms with Gasteiger partial charge in [-0.25, -0.2) is 18.2 Å². The van der Waals surface area contributed by atoms with Crippen LogP contribution < -0.4 is 11.4 Å². The first-order chi connectivity index (χ1) is 13.4. The van der Waals surface area contributed by atoms with E-state index in [-0.39, 0.29) is 5.82 Å². The molecule has 2 heterocycles. The number of rotatable bonds is 8. The molecule has 6 atom stereocenters. The van der Waals surface area contributed by atoms with Crippen LogP contribution in [0.25, 0.3) is 0 Å². The Labute approximate surface area is 167 Å². The Hall–Kier alpha value is -1.03. The van der Waals surface area contributed by atoms with Crippen molar-refractivity contribution in [2.45, 2.75) is 31.1 Å². The number of aliphatic hydroxyl groups excluding tert-OH is 2. The highest BCUT2D eigenvalue weighted by Gasteiger charge is 2.54.